The number of benzene rings is 1. The quantitative estimate of drug-likeness (QED) is 0.636. The minimum absolute atomic E-state index is 0.131. The first-order valence-electron chi connectivity index (χ1n) is 4.59. The predicted molar refractivity (Wildman–Crippen MR) is 55.2 cm³/mol. The summed E-state index contributed by atoms with van der Waals surface area (Å²) in [4.78, 5) is 12.2. The summed E-state index contributed by atoms with van der Waals surface area (Å²) < 4.78 is 0. The first-order valence-corrected chi connectivity index (χ1v) is 5.57. The van der Waals surface area contributed by atoms with E-state index >= 15 is 0 Å². The van der Waals surface area contributed by atoms with Crippen LogP contribution in [0.25, 0.3) is 0 Å². The third-order valence-electron chi connectivity index (χ3n) is 2.40. The Labute approximate surface area is 82.5 Å². The van der Waals surface area contributed by atoms with Gasteiger partial charge in [-0.05, 0) is 30.2 Å². The monoisotopic (exact) mass is 192 g/mol. The maximum Gasteiger partial charge on any atom is 0.127 e. The maximum absolute atomic E-state index is 10.9. The lowest BCUT2D eigenvalue weighted by Gasteiger charge is -2.09. The smallest absolute Gasteiger partial charge is 0.127 e. The van der Waals surface area contributed by atoms with Crippen molar-refractivity contribution in [1.82, 2.24) is 0 Å². The number of hydrogen-bond acceptors (Lipinski definition) is 2. The fourth-order valence-corrected chi connectivity index (χ4v) is 2.79. The fourth-order valence-electron chi connectivity index (χ4n) is 1.70. The predicted octanol–water partition coefficient (Wildman–Crippen LogP) is 2.86. The summed E-state index contributed by atoms with van der Waals surface area (Å²) in [6.07, 6.45) is 3.24. The van der Waals surface area contributed by atoms with E-state index < -0.39 is 0 Å². The van der Waals surface area contributed by atoms with Gasteiger partial charge < -0.3 is 4.79 Å². The van der Waals surface area contributed by atoms with Gasteiger partial charge in [-0.15, -0.1) is 11.8 Å². The lowest BCUT2D eigenvalue weighted by molar-refractivity contribution is -0.109. The SMILES string of the molecule is O=CC1CCCSc2ccccc21. The molecule has 0 radical (unpaired) electrons. The van der Waals surface area contributed by atoms with Gasteiger partial charge in [0.05, 0.1) is 0 Å². The van der Waals surface area contributed by atoms with E-state index in [1.165, 1.54) is 10.5 Å². The molecule has 13 heavy (non-hydrogen) atoms. The van der Waals surface area contributed by atoms with Crippen molar-refractivity contribution in [1.29, 1.82) is 0 Å². The molecule has 68 valence electrons. The Bertz CT molecular complexity index is 309. The molecular formula is C11H12OS. The first-order chi connectivity index (χ1) is 6.42. The molecule has 0 bridgehead atoms. The summed E-state index contributed by atoms with van der Waals surface area (Å²) in [6.45, 7) is 0. The zero-order valence-electron chi connectivity index (χ0n) is 7.40. The van der Waals surface area contributed by atoms with Crippen molar-refractivity contribution in [3.05, 3.63) is 29.8 Å². The summed E-state index contributed by atoms with van der Waals surface area (Å²) in [5.41, 5.74) is 1.22. The number of hydrogen-bond donors (Lipinski definition) is 0. The van der Waals surface area contributed by atoms with Crippen molar-refractivity contribution in [3.8, 4) is 0 Å². The van der Waals surface area contributed by atoms with E-state index in [-0.39, 0.29) is 5.92 Å². The number of carbonyl (C=O) groups is 1. The Kier molecular flexibility index (Phi) is 2.69. The molecule has 1 aromatic rings. The van der Waals surface area contributed by atoms with Crippen LogP contribution in [-0.2, 0) is 4.79 Å². The van der Waals surface area contributed by atoms with Crippen molar-refractivity contribution < 1.29 is 4.79 Å². The second kappa shape index (κ2) is 3.97. The van der Waals surface area contributed by atoms with E-state index in [1.807, 2.05) is 23.9 Å². The highest BCUT2D eigenvalue weighted by molar-refractivity contribution is 7.99. The highest BCUT2D eigenvalue weighted by Crippen LogP contribution is 2.34. The van der Waals surface area contributed by atoms with Gasteiger partial charge >= 0.3 is 0 Å². The van der Waals surface area contributed by atoms with E-state index in [1.54, 1.807) is 0 Å². The molecule has 1 nitrogen and oxygen atoms in total. The third-order valence-corrected chi connectivity index (χ3v) is 3.58. The van der Waals surface area contributed by atoms with Gasteiger partial charge in [-0.25, -0.2) is 0 Å². The van der Waals surface area contributed by atoms with Gasteiger partial charge in [0.2, 0.25) is 0 Å². The average molecular weight is 192 g/mol. The number of aldehydes is 1. The Morgan fingerprint density at radius 3 is 3.08 bits per heavy atom. The fraction of sp³-hybridized carbons (Fsp3) is 0.364. The number of carbonyl (C=O) groups excluding carboxylic acids is 1. The molecule has 0 aliphatic carbocycles. The van der Waals surface area contributed by atoms with Gasteiger partial charge in [-0.2, -0.15) is 0 Å². The largest absolute Gasteiger partial charge is 0.303 e. The molecule has 2 rings (SSSR count). The molecule has 0 aromatic heterocycles. The molecule has 1 aliphatic heterocycles. The van der Waals surface area contributed by atoms with Gasteiger partial charge in [0, 0.05) is 10.8 Å². The number of thioether (sulfide) groups is 1. The van der Waals surface area contributed by atoms with Gasteiger partial charge in [0.15, 0.2) is 0 Å². The Morgan fingerprint density at radius 1 is 1.38 bits per heavy atom. The Hall–Kier alpha value is -0.760. The van der Waals surface area contributed by atoms with Crippen molar-refractivity contribution in [2.75, 3.05) is 5.75 Å². The molecule has 2 heteroatoms. The summed E-state index contributed by atoms with van der Waals surface area (Å²) in [5, 5.41) is 0. The van der Waals surface area contributed by atoms with Crippen molar-refractivity contribution >= 4 is 18.0 Å². The van der Waals surface area contributed by atoms with Gasteiger partial charge in [-0.1, -0.05) is 18.2 Å². The van der Waals surface area contributed by atoms with E-state index in [4.69, 9.17) is 0 Å². The molecule has 0 saturated heterocycles. The van der Waals surface area contributed by atoms with Crippen LogP contribution in [0.15, 0.2) is 29.2 Å². The number of fused-ring (bicyclic) bond motifs is 1. The molecule has 1 aliphatic rings. The summed E-state index contributed by atoms with van der Waals surface area (Å²) >= 11 is 1.87. The molecule has 1 heterocycles. The zero-order valence-corrected chi connectivity index (χ0v) is 8.22. The van der Waals surface area contributed by atoms with Crippen LogP contribution in [0.3, 0.4) is 0 Å². The van der Waals surface area contributed by atoms with Crippen molar-refractivity contribution in [2.45, 2.75) is 23.7 Å². The van der Waals surface area contributed by atoms with E-state index in [0.717, 1.165) is 24.9 Å². The Morgan fingerprint density at radius 2 is 2.23 bits per heavy atom. The molecule has 1 unspecified atom stereocenters. The van der Waals surface area contributed by atoms with Crippen LogP contribution in [0.4, 0.5) is 0 Å². The van der Waals surface area contributed by atoms with Gasteiger partial charge in [0.1, 0.15) is 6.29 Å². The zero-order chi connectivity index (χ0) is 9.10. The van der Waals surface area contributed by atoms with Gasteiger partial charge in [-0.3, -0.25) is 0 Å². The number of rotatable bonds is 1. The average Bonchev–Trinajstić information content (AvgIpc) is 2.39. The highest BCUT2D eigenvalue weighted by atomic mass is 32.2. The van der Waals surface area contributed by atoms with Crippen LogP contribution in [0.5, 0.6) is 0 Å². The molecule has 1 atom stereocenters. The molecule has 0 amide bonds. The van der Waals surface area contributed by atoms with Crippen LogP contribution >= 0.6 is 11.8 Å². The second-order valence-electron chi connectivity index (χ2n) is 3.27. The van der Waals surface area contributed by atoms with Crippen LogP contribution in [0.2, 0.25) is 0 Å². The minimum atomic E-state index is 0.131. The van der Waals surface area contributed by atoms with Crippen LogP contribution in [-0.4, -0.2) is 12.0 Å². The molecule has 1 aromatic carbocycles. The van der Waals surface area contributed by atoms with Crippen LogP contribution in [0.1, 0.15) is 24.3 Å². The minimum Gasteiger partial charge on any atom is -0.303 e. The molecular weight excluding hydrogens is 180 g/mol. The Balaban J connectivity index is 2.41. The normalized spacial score (nSPS) is 21.7. The first kappa shape index (κ1) is 8.82. The molecule has 0 N–H and O–H groups in total. The van der Waals surface area contributed by atoms with Gasteiger partial charge in [0.25, 0.3) is 0 Å². The summed E-state index contributed by atoms with van der Waals surface area (Å²) in [5.74, 6) is 1.27. The van der Waals surface area contributed by atoms with Crippen LogP contribution < -0.4 is 0 Å². The molecule has 0 saturated carbocycles. The summed E-state index contributed by atoms with van der Waals surface area (Å²) in [7, 11) is 0. The highest BCUT2D eigenvalue weighted by Gasteiger charge is 2.17. The van der Waals surface area contributed by atoms with E-state index in [0.29, 0.717) is 0 Å². The lowest BCUT2D eigenvalue weighted by atomic mass is 9.96. The van der Waals surface area contributed by atoms with Crippen molar-refractivity contribution in [3.63, 3.8) is 0 Å². The van der Waals surface area contributed by atoms with E-state index in [9.17, 15) is 4.79 Å². The molecule has 0 spiro atoms. The lowest BCUT2D eigenvalue weighted by Crippen LogP contribution is -1.99. The third kappa shape index (κ3) is 1.78. The molecule has 0 fully saturated rings. The second-order valence-corrected chi connectivity index (χ2v) is 4.41. The van der Waals surface area contributed by atoms with Crippen LogP contribution in [0, 0.1) is 0 Å². The van der Waals surface area contributed by atoms with E-state index in [2.05, 4.69) is 12.1 Å². The maximum atomic E-state index is 10.9. The standard InChI is InChI=1S/C11H12OS/c12-8-9-4-3-7-13-11-6-2-1-5-10(9)11/h1-2,5-6,8-9H,3-4,7H2. The summed E-state index contributed by atoms with van der Waals surface area (Å²) in [6, 6.07) is 8.24. The topological polar surface area (TPSA) is 17.1 Å². The van der Waals surface area contributed by atoms with Crippen molar-refractivity contribution in [2.24, 2.45) is 0 Å².